The van der Waals surface area contributed by atoms with Crippen molar-refractivity contribution in [3.05, 3.63) is 102 Å². The Morgan fingerprint density at radius 3 is 2.64 bits per heavy atom. The number of anilines is 1. The van der Waals surface area contributed by atoms with Gasteiger partial charge in [-0.3, -0.25) is 0 Å². The van der Waals surface area contributed by atoms with Crippen molar-refractivity contribution in [3.63, 3.8) is 0 Å². The first kappa shape index (κ1) is 20.8. The van der Waals surface area contributed by atoms with Gasteiger partial charge < -0.3 is 19.8 Å². The van der Waals surface area contributed by atoms with Gasteiger partial charge in [-0.05, 0) is 61.4 Å². The predicted octanol–water partition coefficient (Wildman–Crippen LogP) is 5.43. The minimum Gasteiger partial charge on any atom is -0.472 e. The summed E-state index contributed by atoms with van der Waals surface area (Å²) in [5.74, 6) is 0.0993. The molecule has 1 atom stereocenters. The van der Waals surface area contributed by atoms with E-state index in [-0.39, 0.29) is 11.6 Å². The fraction of sp³-hybridized carbons (Fsp3) is 0.160. The average Bonchev–Trinajstić information content (AvgIpc) is 3.53. The summed E-state index contributed by atoms with van der Waals surface area (Å²) in [6.07, 6.45) is 6.99. The first-order valence-corrected chi connectivity index (χ1v) is 10.5. The number of hydrogen-bond acceptors (Lipinski definition) is 5. The summed E-state index contributed by atoms with van der Waals surface area (Å²) in [5.41, 5.74) is 9.65. The van der Waals surface area contributed by atoms with Crippen LogP contribution in [0.4, 0.5) is 14.5 Å². The van der Waals surface area contributed by atoms with Crippen molar-refractivity contribution in [1.82, 2.24) is 14.7 Å². The summed E-state index contributed by atoms with van der Waals surface area (Å²) in [7, 11) is 0. The number of benzene rings is 2. The lowest BCUT2D eigenvalue weighted by Crippen LogP contribution is -2.23. The van der Waals surface area contributed by atoms with Crippen LogP contribution in [-0.4, -0.2) is 21.2 Å². The van der Waals surface area contributed by atoms with E-state index in [1.165, 1.54) is 18.2 Å². The number of aromatic nitrogens is 2. The van der Waals surface area contributed by atoms with E-state index in [1.54, 1.807) is 41.5 Å². The van der Waals surface area contributed by atoms with Crippen molar-refractivity contribution < 1.29 is 17.9 Å². The second kappa shape index (κ2) is 8.46. The van der Waals surface area contributed by atoms with Gasteiger partial charge in [0.25, 0.3) is 0 Å². The molecule has 0 saturated heterocycles. The maximum absolute atomic E-state index is 14.3. The third kappa shape index (κ3) is 4.19. The molecule has 0 fully saturated rings. The number of hydrogen-bond donors (Lipinski definition) is 1. The molecule has 2 aromatic heterocycles. The maximum Gasteiger partial charge on any atom is 0.201 e. The van der Waals surface area contributed by atoms with Gasteiger partial charge in [0.1, 0.15) is 23.1 Å². The smallest absolute Gasteiger partial charge is 0.201 e. The SMILES string of the molecule is CC1=CN(CCc2ccc(N)cc2F)[C@H](c2cn(-c3ccc(F)cc3)nc2-c2ccoc2)O1. The molecule has 0 radical (unpaired) electrons. The van der Waals surface area contributed by atoms with Gasteiger partial charge in [0.15, 0.2) is 0 Å². The molecule has 0 saturated carbocycles. The lowest BCUT2D eigenvalue weighted by molar-refractivity contribution is 0.0443. The summed E-state index contributed by atoms with van der Waals surface area (Å²) in [6, 6.07) is 12.6. The second-order valence-electron chi connectivity index (χ2n) is 7.91. The highest BCUT2D eigenvalue weighted by atomic mass is 19.1. The highest BCUT2D eigenvalue weighted by Crippen LogP contribution is 2.37. The third-order valence-corrected chi connectivity index (χ3v) is 5.56. The number of nitrogen functional groups attached to an aromatic ring is 1. The Hall–Kier alpha value is -4.07. The van der Waals surface area contributed by atoms with Crippen LogP contribution in [-0.2, 0) is 11.2 Å². The fourth-order valence-corrected chi connectivity index (χ4v) is 3.93. The summed E-state index contributed by atoms with van der Waals surface area (Å²) < 4.78 is 40.8. The van der Waals surface area contributed by atoms with E-state index in [0.717, 1.165) is 16.9 Å². The minimum atomic E-state index is -0.457. The molecule has 0 aliphatic carbocycles. The molecular formula is C25H22F2N4O2. The molecule has 2 N–H and O–H groups in total. The lowest BCUT2D eigenvalue weighted by atomic mass is 10.1. The molecule has 3 heterocycles. The van der Waals surface area contributed by atoms with Crippen LogP contribution in [0.1, 0.15) is 24.3 Å². The molecular weight excluding hydrogens is 426 g/mol. The highest BCUT2D eigenvalue weighted by Gasteiger charge is 2.31. The predicted molar refractivity (Wildman–Crippen MR) is 120 cm³/mol. The number of ether oxygens (including phenoxy) is 1. The number of furan rings is 1. The van der Waals surface area contributed by atoms with Crippen molar-refractivity contribution in [2.45, 2.75) is 19.6 Å². The van der Waals surface area contributed by atoms with E-state index in [4.69, 9.17) is 20.0 Å². The van der Waals surface area contributed by atoms with Crippen LogP contribution in [0.3, 0.4) is 0 Å². The van der Waals surface area contributed by atoms with Gasteiger partial charge in [-0.25, -0.2) is 13.5 Å². The molecule has 6 nitrogen and oxygen atoms in total. The molecule has 0 bridgehead atoms. The van der Waals surface area contributed by atoms with E-state index in [0.29, 0.717) is 35.6 Å². The van der Waals surface area contributed by atoms with Crippen LogP contribution in [0.15, 0.2) is 83.6 Å². The quantitative estimate of drug-likeness (QED) is 0.399. The van der Waals surface area contributed by atoms with Crippen LogP contribution < -0.4 is 5.73 Å². The summed E-state index contributed by atoms with van der Waals surface area (Å²) in [6.45, 7) is 2.40. The highest BCUT2D eigenvalue weighted by molar-refractivity contribution is 5.62. The molecule has 8 heteroatoms. The fourth-order valence-electron chi connectivity index (χ4n) is 3.93. The largest absolute Gasteiger partial charge is 0.472 e. The average molecular weight is 448 g/mol. The van der Waals surface area contributed by atoms with Crippen LogP contribution in [0.5, 0.6) is 0 Å². The van der Waals surface area contributed by atoms with E-state index in [1.807, 2.05) is 30.3 Å². The van der Waals surface area contributed by atoms with E-state index in [2.05, 4.69) is 0 Å². The van der Waals surface area contributed by atoms with Gasteiger partial charge in [-0.2, -0.15) is 5.10 Å². The van der Waals surface area contributed by atoms with E-state index < -0.39 is 6.23 Å². The number of allylic oxidation sites excluding steroid dienone is 1. The van der Waals surface area contributed by atoms with Crippen molar-refractivity contribution in [2.24, 2.45) is 0 Å². The lowest BCUT2D eigenvalue weighted by Gasteiger charge is -2.24. The minimum absolute atomic E-state index is 0.318. The monoisotopic (exact) mass is 448 g/mol. The Morgan fingerprint density at radius 1 is 1.09 bits per heavy atom. The Balaban J connectivity index is 1.47. The van der Waals surface area contributed by atoms with Crippen molar-refractivity contribution in [1.29, 1.82) is 0 Å². The Labute approximate surface area is 189 Å². The molecule has 168 valence electrons. The zero-order valence-electron chi connectivity index (χ0n) is 17.9. The first-order valence-electron chi connectivity index (χ1n) is 10.5. The van der Waals surface area contributed by atoms with Crippen molar-refractivity contribution in [2.75, 3.05) is 12.3 Å². The van der Waals surface area contributed by atoms with Gasteiger partial charge >= 0.3 is 0 Å². The molecule has 4 aromatic rings. The Bertz CT molecular complexity index is 1300. The molecule has 0 spiro atoms. The molecule has 33 heavy (non-hydrogen) atoms. The number of nitrogens with zero attached hydrogens (tertiary/aromatic N) is 3. The van der Waals surface area contributed by atoms with Gasteiger partial charge in [0.2, 0.25) is 6.23 Å². The molecule has 1 aliphatic rings. The molecule has 2 aromatic carbocycles. The third-order valence-electron chi connectivity index (χ3n) is 5.56. The van der Waals surface area contributed by atoms with Crippen molar-refractivity contribution >= 4 is 5.69 Å². The number of nitrogens with two attached hydrogens (primary N) is 1. The Morgan fingerprint density at radius 2 is 1.91 bits per heavy atom. The van der Waals surface area contributed by atoms with E-state index >= 15 is 0 Å². The van der Waals surface area contributed by atoms with E-state index in [9.17, 15) is 8.78 Å². The summed E-state index contributed by atoms with van der Waals surface area (Å²) >= 11 is 0. The van der Waals surface area contributed by atoms with Gasteiger partial charge in [-0.15, -0.1) is 0 Å². The number of rotatable bonds is 6. The van der Waals surface area contributed by atoms with Gasteiger partial charge in [0.05, 0.1) is 23.8 Å². The summed E-state index contributed by atoms with van der Waals surface area (Å²) in [5, 5.41) is 4.73. The van der Waals surface area contributed by atoms with Crippen LogP contribution >= 0.6 is 0 Å². The standard InChI is InChI=1S/C25H22F2N4O2/c1-16-13-30(10-8-17-2-5-20(28)12-23(17)27)25(33-16)22-14-31(21-6-3-19(26)4-7-21)29-24(22)18-9-11-32-15-18/h2-7,9,11-15,25H,8,10,28H2,1H3/t25-/m0/s1. The summed E-state index contributed by atoms with van der Waals surface area (Å²) in [4.78, 5) is 2.01. The zero-order chi connectivity index (χ0) is 22.9. The number of halogens is 2. The van der Waals surface area contributed by atoms with Crippen LogP contribution in [0, 0.1) is 11.6 Å². The molecule has 0 unspecified atom stereocenters. The Kier molecular flexibility index (Phi) is 5.34. The maximum atomic E-state index is 14.3. The first-order chi connectivity index (χ1) is 16.0. The van der Waals surface area contributed by atoms with Crippen molar-refractivity contribution in [3.8, 4) is 16.9 Å². The second-order valence-corrected chi connectivity index (χ2v) is 7.91. The molecule has 5 rings (SSSR count). The van der Waals surface area contributed by atoms with Gasteiger partial charge in [0, 0.05) is 30.2 Å². The van der Waals surface area contributed by atoms with Gasteiger partial charge in [-0.1, -0.05) is 6.07 Å². The van der Waals surface area contributed by atoms with Crippen LogP contribution in [0.25, 0.3) is 16.9 Å². The normalized spacial score (nSPS) is 15.5. The molecule has 0 amide bonds. The molecule has 1 aliphatic heterocycles. The zero-order valence-corrected chi connectivity index (χ0v) is 17.9. The van der Waals surface area contributed by atoms with Crippen LogP contribution in [0.2, 0.25) is 0 Å². The topological polar surface area (TPSA) is 69.5 Å².